The first kappa shape index (κ1) is 24.6. The average Bonchev–Trinajstić information content (AvgIpc) is 3.29. The Morgan fingerprint density at radius 3 is 1.82 bits per heavy atom. The molecule has 2 aromatic heterocycles. The van der Waals surface area contributed by atoms with E-state index in [-0.39, 0.29) is 0 Å². The van der Waals surface area contributed by atoms with Gasteiger partial charge >= 0.3 is 0 Å². The fraction of sp³-hybridized carbons (Fsp3) is 0.167. The Labute approximate surface area is 229 Å². The van der Waals surface area contributed by atoms with E-state index < -0.39 is 0 Å². The summed E-state index contributed by atoms with van der Waals surface area (Å²) in [5, 5.41) is 12.2. The molecular weight excluding hydrogens is 476 g/mol. The molecule has 190 valence electrons. The highest BCUT2D eigenvalue weighted by atomic mass is 16.3. The van der Waals surface area contributed by atoms with Gasteiger partial charge in [0, 0.05) is 28.0 Å². The Bertz CT molecular complexity index is 1950. The Morgan fingerprint density at radius 1 is 0.615 bits per heavy atom. The lowest BCUT2D eigenvalue weighted by Crippen LogP contribution is -2.31. The number of nitriles is 1. The second-order valence-electron chi connectivity index (χ2n) is 10.7. The van der Waals surface area contributed by atoms with Crippen LogP contribution in [0.1, 0.15) is 33.4 Å². The van der Waals surface area contributed by atoms with Crippen molar-refractivity contribution in [3.05, 3.63) is 112 Å². The van der Waals surface area contributed by atoms with Crippen molar-refractivity contribution in [3.63, 3.8) is 0 Å². The van der Waals surface area contributed by atoms with Crippen molar-refractivity contribution in [3.8, 4) is 39.6 Å². The Morgan fingerprint density at radius 2 is 1.18 bits per heavy atom. The van der Waals surface area contributed by atoms with Crippen LogP contribution in [-0.4, -0.2) is 0 Å². The van der Waals surface area contributed by atoms with Crippen molar-refractivity contribution >= 4 is 21.9 Å². The SMILES string of the molecule is Cc1cc(-c2c(C)ccc3c2oc2c(-c4ccc(-c5c(C)cccc5C)cc4)c(C#N)ccc23)[n+](C)cc1C. The third kappa shape index (κ3) is 3.92. The zero-order valence-corrected chi connectivity index (χ0v) is 23.3. The molecular formula is C36H31N2O+. The molecule has 0 amide bonds. The predicted octanol–water partition coefficient (Wildman–Crippen LogP) is 8.83. The third-order valence-corrected chi connectivity index (χ3v) is 8.08. The highest BCUT2D eigenvalue weighted by molar-refractivity contribution is 6.14. The molecule has 0 N–H and O–H groups in total. The van der Waals surface area contributed by atoms with Gasteiger partial charge in [-0.3, -0.25) is 0 Å². The van der Waals surface area contributed by atoms with Crippen LogP contribution in [0.3, 0.4) is 0 Å². The normalized spacial score (nSPS) is 11.3. The third-order valence-electron chi connectivity index (χ3n) is 8.08. The maximum atomic E-state index is 10.1. The predicted molar refractivity (Wildman–Crippen MR) is 160 cm³/mol. The van der Waals surface area contributed by atoms with Gasteiger partial charge in [0.05, 0.1) is 17.2 Å². The maximum absolute atomic E-state index is 10.1. The van der Waals surface area contributed by atoms with Gasteiger partial charge in [0.15, 0.2) is 6.20 Å². The summed E-state index contributed by atoms with van der Waals surface area (Å²) in [6, 6.07) is 27.8. The molecule has 0 fully saturated rings. The molecule has 0 radical (unpaired) electrons. The summed E-state index contributed by atoms with van der Waals surface area (Å²) < 4.78 is 8.93. The number of nitrogens with zero attached hydrogens (tertiary/aromatic N) is 2. The van der Waals surface area contributed by atoms with Crippen LogP contribution in [0.15, 0.2) is 83.4 Å². The minimum Gasteiger partial charge on any atom is -0.454 e. The molecule has 3 heteroatoms. The van der Waals surface area contributed by atoms with E-state index in [4.69, 9.17) is 4.42 Å². The second kappa shape index (κ2) is 9.26. The number of aryl methyl sites for hydroxylation is 6. The molecule has 2 heterocycles. The van der Waals surface area contributed by atoms with Crippen LogP contribution in [0.25, 0.3) is 55.4 Å². The number of aromatic nitrogens is 1. The molecule has 3 nitrogen and oxygen atoms in total. The molecule has 0 aliphatic rings. The Balaban J connectivity index is 1.60. The highest BCUT2D eigenvalue weighted by Gasteiger charge is 2.24. The van der Waals surface area contributed by atoms with Gasteiger partial charge in [-0.2, -0.15) is 5.26 Å². The van der Waals surface area contributed by atoms with Gasteiger partial charge in [-0.25, -0.2) is 4.57 Å². The van der Waals surface area contributed by atoms with Crippen molar-refractivity contribution in [2.75, 3.05) is 0 Å². The topological polar surface area (TPSA) is 40.8 Å². The molecule has 6 aromatic rings. The summed E-state index contributed by atoms with van der Waals surface area (Å²) >= 11 is 0. The van der Waals surface area contributed by atoms with Crippen LogP contribution in [0.4, 0.5) is 0 Å². The summed E-state index contributed by atoms with van der Waals surface area (Å²) in [5.74, 6) is 0. The van der Waals surface area contributed by atoms with Crippen LogP contribution < -0.4 is 4.57 Å². The van der Waals surface area contributed by atoms with E-state index >= 15 is 0 Å². The van der Waals surface area contributed by atoms with Gasteiger partial charge in [-0.05, 0) is 85.7 Å². The quantitative estimate of drug-likeness (QED) is 0.225. The number of hydrogen-bond acceptors (Lipinski definition) is 2. The lowest BCUT2D eigenvalue weighted by atomic mass is 9.92. The average molecular weight is 508 g/mol. The second-order valence-corrected chi connectivity index (χ2v) is 10.7. The number of pyridine rings is 1. The molecule has 0 bridgehead atoms. The van der Waals surface area contributed by atoms with Gasteiger partial charge in [-0.1, -0.05) is 54.6 Å². The monoisotopic (exact) mass is 507 g/mol. The van der Waals surface area contributed by atoms with E-state index in [1.165, 1.54) is 33.4 Å². The van der Waals surface area contributed by atoms with E-state index in [9.17, 15) is 5.26 Å². The van der Waals surface area contributed by atoms with Crippen LogP contribution in [0.2, 0.25) is 0 Å². The zero-order valence-electron chi connectivity index (χ0n) is 23.3. The first-order valence-corrected chi connectivity index (χ1v) is 13.3. The summed E-state index contributed by atoms with van der Waals surface area (Å²) in [4.78, 5) is 0. The first-order valence-electron chi connectivity index (χ1n) is 13.3. The van der Waals surface area contributed by atoms with Crippen molar-refractivity contribution in [2.45, 2.75) is 34.6 Å². The van der Waals surface area contributed by atoms with Crippen molar-refractivity contribution in [1.82, 2.24) is 0 Å². The van der Waals surface area contributed by atoms with Gasteiger partial charge in [0.1, 0.15) is 18.2 Å². The zero-order chi connectivity index (χ0) is 27.4. The van der Waals surface area contributed by atoms with E-state index in [2.05, 4.69) is 119 Å². The van der Waals surface area contributed by atoms with Gasteiger partial charge in [0.2, 0.25) is 5.69 Å². The number of fused-ring (bicyclic) bond motifs is 3. The molecule has 0 atom stereocenters. The minimum absolute atomic E-state index is 0.608. The molecule has 0 spiro atoms. The van der Waals surface area contributed by atoms with Crippen LogP contribution in [0.5, 0.6) is 0 Å². The standard InChI is InChI=1S/C36H31N2O/c1-21-8-7-9-22(2)32(21)26-11-13-27(14-12-26)34-28(19-37)15-17-30-29-16-10-23(3)33(35(29)39-36(30)34)31-18-24(4)25(5)20-38(31)6/h7-18,20H,1-6H3/q+1. The van der Waals surface area contributed by atoms with Gasteiger partial charge < -0.3 is 4.42 Å². The molecule has 0 unspecified atom stereocenters. The van der Waals surface area contributed by atoms with Crippen LogP contribution >= 0.6 is 0 Å². The number of rotatable bonds is 3. The molecule has 0 saturated heterocycles. The largest absolute Gasteiger partial charge is 0.454 e. The van der Waals surface area contributed by atoms with E-state index in [0.29, 0.717) is 5.56 Å². The molecule has 6 rings (SSSR count). The van der Waals surface area contributed by atoms with E-state index in [0.717, 1.165) is 49.9 Å². The molecule has 39 heavy (non-hydrogen) atoms. The van der Waals surface area contributed by atoms with E-state index in [1.54, 1.807) is 0 Å². The molecule has 0 aliphatic heterocycles. The lowest BCUT2D eigenvalue weighted by Gasteiger charge is -2.11. The smallest absolute Gasteiger partial charge is 0.216 e. The van der Waals surface area contributed by atoms with Gasteiger partial charge in [-0.15, -0.1) is 0 Å². The number of furan rings is 1. The Kier molecular flexibility index (Phi) is 5.85. The first-order chi connectivity index (χ1) is 18.8. The maximum Gasteiger partial charge on any atom is 0.216 e. The van der Waals surface area contributed by atoms with Crippen molar-refractivity contribution in [1.29, 1.82) is 5.26 Å². The molecule has 0 aliphatic carbocycles. The Hall–Kier alpha value is -4.68. The van der Waals surface area contributed by atoms with Crippen molar-refractivity contribution < 1.29 is 8.98 Å². The van der Waals surface area contributed by atoms with Crippen LogP contribution in [0, 0.1) is 45.9 Å². The molecule has 4 aromatic carbocycles. The minimum atomic E-state index is 0.608. The summed E-state index contributed by atoms with van der Waals surface area (Å²) in [6.07, 6.45) is 2.17. The number of benzene rings is 4. The molecule has 0 saturated carbocycles. The summed E-state index contributed by atoms with van der Waals surface area (Å²) in [7, 11) is 2.08. The highest BCUT2D eigenvalue weighted by Crippen LogP contribution is 2.42. The van der Waals surface area contributed by atoms with Crippen molar-refractivity contribution in [2.24, 2.45) is 7.05 Å². The van der Waals surface area contributed by atoms with E-state index in [1.807, 2.05) is 12.1 Å². The summed E-state index contributed by atoms with van der Waals surface area (Å²) in [6.45, 7) is 10.7. The van der Waals surface area contributed by atoms with Crippen LogP contribution in [-0.2, 0) is 7.05 Å². The lowest BCUT2D eigenvalue weighted by molar-refractivity contribution is -0.660. The fourth-order valence-electron chi connectivity index (χ4n) is 5.90. The number of hydrogen-bond donors (Lipinski definition) is 0. The van der Waals surface area contributed by atoms with Gasteiger partial charge in [0.25, 0.3) is 0 Å². The fourth-order valence-corrected chi connectivity index (χ4v) is 5.90. The summed E-state index contributed by atoms with van der Waals surface area (Å²) in [5.41, 5.74) is 14.8.